The number of thiazole rings is 1. The van der Waals surface area contributed by atoms with Crippen LogP contribution in [0.3, 0.4) is 0 Å². The Balaban J connectivity index is 1.50. The maximum absolute atomic E-state index is 11.4. The van der Waals surface area contributed by atoms with Crippen molar-refractivity contribution in [1.29, 1.82) is 0 Å². The fourth-order valence-corrected chi connectivity index (χ4v) is 3.21. The summed E-state index contributed by atoms with van der Waals surface area (Å²) in [6.45, 7) is 5.56. The number of aromatic nitrogens is 1. The minimum absolute atomic E-state index is 0.179. The molecule has 0 aliphatic carbocycles. The topological polar surface area (TPSA) is 76.0 Å². The van der Waals surface area contributed by atoms with E-state index in [9.17, 15) is 4.79 Å². The molecule has 1 aromatic carbocycles. The highest BCUT2D eigenvalue weighted by Crippen LogP contribution is 2.17. The zero-order chi connectivity index (χ0) is 18.2. The Labute approximate surface area is 156 Å². The largest absolute Gasteiger partial charge is 0.466 e. The van der Waals surface area contributed by atoms with Gasteiger partial charge in [0.2, 0.25) is 5.13 Å². The first kappa shape index (κ1) is 18.3. The summed E-state index contributed by atoms with van der Waals surface area (Å²) >= 11 is 1.40. The van der Waals surface area contributed by atoms with E-state index in [1.807, 2.05) is 17.5 Å². The van der Waals surface area contributed by atoms with Gasteiger partial charge in [0.25, 0.3) is 0 Å². The first-order chi connectivity index (χ1) is 12.7. The molecule has 1 saturated heterocycles. The fourth-order valence-electron chi connectivity index (χ4n) is 2.55. The summed E-state index contributed by atoms with van der Waals surface area (Å²) in [6, 6.07) is 8.25. The average Bonchev–Trinajstić information content (AvgIpc) is 3.10. The number of benzene rings is 1. The summed E-state index contributed by atoms with van der Waals surface area (Å²) < 4.78 is 10.3. The first-order valence-corrected chi connectivity index (χ1v) is 9.44. The summed E-state index contributed by atoms with van der Waals surface area (Å²) in [5, 5.41) is 6.68. The summed E-state index contributed by atoms with van der Waals surface area (Å²) in [5.41, 5.74) is 5.77. The third-order valence-electron chi connectivity index (χ3n) is 3.83. The fraction of sp³-hybridized carbons (Fsp3) is 0.389. The second-order valence-corrected chi connectivity index (χ2v) is 6.54. The third-order valence-corrected chi connectivity index (χ3v) is 4.62. The number of nitrogens with one attached hydrogen (secondary N) is 1. The van der Waals surface area contributed by atoms with Crippen LogP contribution >= 0.6 is 11.3 Å². The smallest absolute Gasteiger partial charge is 0.311 e. The highest BCUT2D eigenvalue weighted by Gasteiger charge is 2.10. The Bertz CT molecular complexity index is 739. The van der Waals surface area contributed by atoms with E-state index in [2.05, 4.69) is 32.5 Å². The van der Waals surface area contributed by atoms with Crippen LogP contribution in [0.15, 0.2) is 34.7 Å². The Kier molecular flexibility index (Phi) is 6.56. The molecular weight excluding hydrogens is 352 g/mol. The number of esters is 1. The van der Waals surface area contributed by atoms with Gasteiger partial charge < -0.3 is 14.4 Å². The minimum Gasteiger partial charge on any atom is -0.466 e. The number of hydrogen-bond donors (Lipinski definition) is 1. The van der Waals surface area contributed by atoms with Crippen LogP contribution in [-0.2, 0) is 20.7 Å². The molecule has 0 unspecified atom stereocenters. The predicted molar refractivity (Wildman–Crippen MR) is 103 cm³/mol. The van der Waals surface area contributed by atoms with Crippen molar-refractivity contribution in [2.75, 3.05) is 43.2 Å². The van der Waals surface area contributed by atoms with Gasteiger partial charge in [-0.25, -0.2) is 4.98 Å². The van der Waals surface area contributed by atoms with Gasteiger partial charge in [-0.15, -0.1) is 11.3 Å². The van der Waals surface area contributed by atoms with E-state index < -0.39 is 0 Å². The summed E-state index contributed by atoms with van der Waals surface area (Å²) in [4.78, 5) is 18.1. The molecule has 0 spiro atoms. The van der Waals surface area contributed by atoms with E-state index in [0.717, 1.165) is 31.9 Å². The first-order valence-electron chi connectivity index (χ1n) is 8.56. The Morgan fingerprint density at radius 2 is 2.15 bits per heavy atom. The van der Waals surface area contributed by atoms with Crippen LogP contribution in [0.4, 0.5) is 10.8 Å². The summed E-state index contributed by atoms with van der Waals surface area (Å²) in [7, 11) is 0. The zero-order valence-corrected chi connectivity index (χ0v) is 15.5. The second-order valence-electron chi connectivity index (χ2n) is 5.69. The second kappa shape index (κ2) is 9.30. The van der Waals surface area contributed by atoms with Crippen LogP contribution in [0.2, 0.25) is 0 Å². The number of morpholine rings is 1. The van der Waals surface area contributed by atoms with Crippen molar-refractivity contribution < 1.29 is 14.3 Å². The van der Waals surface area contributed by atoms with Crippen molar-refractivity contribution in [3.63, 3.8) is 0 Å². The molecule has 1 N–H and O–H groups in total. The van der Waals surface area contributed by atoms with Crippen molar-refractivity contribution >= 4 is 34.3 Å². The minimum atomic E-state index is -0.270. The number of ether oxygens (including phenoxy) is 2. The van der Waals surface area contributed by atoms with Gasteiger partial charge in [-0.05, 0) is 24.6 Å². The van der Waals surface area contributed by atoms with Crippen LogP contribution in [0.5, 0.6) is 0 Å². The quantitative estimate of drug-likeness (QED) is 0.456. The van der Waals surface area contributed by atoms with Crippen molar-refractivity contribution in [2.45, 2.75) is 13.3 Å². The standard InChI is InChI=1S/C18H22N4O3S/c1-2-25-17(23)11-15-13-26-18(20-15)21-19-12-14-3-5-16(6-4-14)22-7-9-24-10-8-22/h3-6,12-13H,2,7-11H2,1H3,(H,20,21). The molecule has 3 rings (SSSR count). The van der Waals surface area contributed by atoms with Crippen LogP contribution in [-0.4, -0.2) is 50.1 Å². The number of rotatable bonds is 7. The van der Waals surface area contributed by atoms with Gasteiger partial charge in [-0.2, -0.15) is 5.10 Å². The van der Waals surface area contributed by atoms with Crippen molar-refractivity contribution in [2.24, 2.45) is 5.10 Å². The monoisotopic (exact) mass is 374 g/mol. The highest BCUT2D eigenvalue weighted by atomic mass is 32.1. The van der Waals surface area contributed by atoms with Crippen LogP contribution < -0.4 is 10.3 Å². The molecule has 2 aromatic rings. The predicted octanol–water partition coefficient (Wildman–Crippen LogP) is 2.53. The molecular formula is C18H22N4O3S. The molecule has 0 saturated carbocycles. The van der Waals surface area contributed by atoms with Crippen LogP contribution in [0, 0.1) is 0 Å². The number of carbonyl (C=O) groups excluding carboxylic acids is 1. The van der Waals surface area contributed by atoms with Gasteiger partial charge in [-0.3, -0.25) is 10.2 Å². The molecule has 0 amide bonds. The third kappa shape index (κ3) is 5.27. The molecule has 26 heavy (non-hydrogen) atoms. The van der Waals surface area contributed by atoms with Gasteiger partial charge in [0.15, 0.2) is 0 Å². The van der Waals surface area contributed by atoms with Crippen molar-refractivity contribution in [3.8, 4) is 0 Å². The Hall–Kier alpha value is -2.45. The van der Waals surface area contributed by atoms with E-state index in [-0.39, 0.29) is 12.4 Å². The molecule has 0 bridgehead atoms. The van der Waals surface area contributed by atoms with Gasteiger partial charge in [-0.1, -0.05) is 12.1 Å². The van der Waals surface area contributed by atoms with Gasteiger partial charge >= 0.3 is 5.97 Å². The lowest BCUT2D eigenvalue weighted by molar-refractivity contribution is -0.142. The molecule has 8 heteroatoms. The maximum Gasteiger partial charge on any atom is 0.311 e. The average molecular weight is 374 g/mol. The van der Waals surface area contributed by atoms with E-state index in [1.54, 1.807) is 13.1 Å². The molecule has 1 aliphatic heterocycles. The molecule has 7 nitrogen and oxygen atoms in total. The van der Waals surface area contributed by atoms with Crippen molar-refractivity contribution in [3.05, 3.63) is 40.9 Å². The van der Waals surface area contributed by atoms with E-state index >= 15 is 0 Å². The van der Waals surface area contributed by atoms with Crippen LogP contribution in [0.25, 0.3) is 0 Å². The van der Waals surface area contributed by atoms with Crippen molar-refractivity contribution in [1.82, 2.24) is 4.98 Å². The number of anilines is 2. The lowest BCUT2D eigenvalue weighted by Crippen LogP contribution is -2.36. The van der Waals surface area contributed by atoms with Gasteiger partial charge in [0.05, 0.1) is 38.1 Å². The van der Waals surface area contributed by atoms with Gasteiger partial charge in [0, 0.05) is 24.2 Å². The summed E-state index contributed by atoms with van der Waals surface area (Å²) in [5.74, 6) is -0.270. The maximum atomic E-state index is 11.4. The number of carbonyl (C=O) groups is 1. The van der Waals surface area contributed by atoms with E-state index in [0.29, 0.717) is 17.4 Å². The molecule has 2 heterocycles. The Morgan fingerprint density at radius 1 is 1.38 bits per heavy atom. The van der Waals surface area contributed by atoms with E-state index in [1.165, 1.54) is 17.0 Å². The molecule has 0 atom stereocenters. The molecule has 138 valence electrons. The van der Waals surface area contributed by atoms with E-state index in [4.69, 9.17) is 9.47 Å². The number of hydrazone groups is 1. The van der Waals surface area contributed by atoms with Crippen LogP contribution in [0.1, 0.15) is 18.2 Å². The molecule has 1 aromatic heterocycles. The zero-order valence-electron chi connectivity index (χ0n) is 14.7. The highest BCUT2D eigenvalue weighted by molar-refractivity contribution is 7.13. The SMILES string of the molecule is CCOC(=O)Cc1csc(NN=Cc2ccc(N3CCOCC3)cc2)n1. The molecule has 1 fully saturated rings. The number of hydrogen-bond acceptors (Lipinski definition) is 8. The molecule has 1 aliphatic rings. The Morgan fingerprint density at radius 3 is 2.88 bits per heavy atom. The summed E-state index contributed by atoms with van der Waals surface area (Å²) in [6.07, 6.45) is 1.92. The molecule has 0 radical (unpaired) electrons. The normalized spacial score (nSPS) is 14.6. The van der Waals surface area contributed by atoms with Gasteiger partial charge in [0.1, 0.15) is 0 Å². The lowest BCUT2D eigenvalue weighted by Gasteiger charge is -2.28. The number of nitrogens with zero attached hydrogens (tertiary/aromatic N) is 3. The lowest BCUT2D eigenvalue weighted by atomic mass is 10.2.